The molecule has 1 heterocycles. The van der Waals surface area contributed by atoms with Crippen molar-refractivity contribution in [1.29, 1.82) is 0 Å². The fourth-order valence-corrected chi connectivity index (χ4v) is 1.68. The fourth-order valence-electron chi connectivity index (χ4n) is 1.49. The lowest BCUT2D eigenvalue weighted by Gasteiger charge is -2.10. The number of halogens is 4. The quantitative estimate of drug-likeness (QED) is 0.929. The summed E-state index contributed by atoms with van der Waals surface area (Å²) in [4.78, 5) is 4.08. The van der Waals surface area contributed by atoms with Gasteiger partial charge >= 0.3 is 6.36 Å². The third-order valence-corrected chi connectivity index (χ3v) is 2.71. The van der Waals surface area contributed by atoms with Gasteiger partial charge in [0, 0.05) is 12.6 Å². The van der Waals surface area contributed by atoms with Gasteiger partial charge in [0.05, 0.1) is 10.7 Å². The zero-order chi connectivity index (χ0) is 15.5. The first kappa shape index (κ1) is 15.4. The maximum Gasteiger partial charge on any atom is 0.573 e. The van der Waals surface area contributed by atoms with Crippen LogP contribution in [0.4, 0.5) is 13.2 Å². The summed E-state index contributed by atoms with van der Waals surface area (Å²) in [5.41, 5.74) is 5.93. The Balaban J connectivity index is 2.10. The molecule has 0 fully saturated rings. The normalized spacial score (nSPS) is 11.3. The number of alkyl halides is 3. The molecule has 0 aliphatic rings. The molecule has 2 N–H and O–H groups in total. The van der Waals surface area contributed by atoms with Gasteiger partial charge in [-0.2, -0.15) is 0 Å². The Morgan fingerprint density at radius 3 is 2.24 bits per heavy atom. The van der Waals surface area contributed by atoms with E-state index in [1.165, 1.54) is 18.2 Å². The number of hydrogen-bond donors (Lipinski definition) is 1. The number of nitrogens with two attached hydrogens (primary N) is 1. The summed E-state index contributed by atoms with van der Waals surface area (Å²) >= 11 is 5.86. The van der Waals surface area contributed by atoms with Gasteiger partial charge in [-0.05, 0) is 30.3 Å². The van der Waals surface area contributed by atoms with Gasteiger partial charge in [0.1, 0.15) is 11.5 Å². The van der Waals surface area contributed by atoms with Gasteiger partial charge in [0.15, 0.2) is 0 Å². The van der Waals surface area contributed by atoms with Gasteiger partial charge < -0.3 is 15.2 Å². The zero-order valence-electron chi connectivity index (χ0n) is 10.5. The van der Waals surface area contributed by atoms with Crippen molar-refractivity contribution in [2.75, 3.05) is 0 Å². The number of hydrogen-bond acceptors (Lipinski definition) is 4. The van der Waals surface area contributed by atoms with Gasteiger partial charge in [0.2, 0.25) is 5.88 Å². The summed E-state index contributed by atoms with van der Waals surface area (Å²) in [6, 6.07) is 8.05. The first-order chi connectivity index (χ1) is 9.87. The highest BCUT2D eigenvalue weighted by molar-refractivity contribution is 6.31. The molecular weight excluding hydrogens is 309 g/mol. The van der Waals surface area contributed by atoms with Crippen LogP contribution in [0.5, 0.6) is 17.4 Å². The van der Waals surface area contributed by atoms with E-state index in [-0.39, 0.29) is 18.2 Å². The Kier molecular flexibility index (Phi) is 4.54. The number of benzene rings is 1. The lowest BCUT2D eigenvalue weighted by atomic mass is 10.3. The molecule has 1 aromatic carbocycles. The average Bonchev–Trinajstić information content (AvgIpc) is 2.41. The summed E-state index contributed by atoms with van der Waals surface area (Å²) < 4.78 is 45.2. The fraction of sp³-hybridized carbons (Fsp3) is 0.154. The smallest absolute Gasteiger partial charge is 0.439 e. The Hall–Kier alpha value is -1.99. The minimum Gasteiger partial charge on any atom is -0.439 e. The van der Waals surface area contributed by atoms with Crippen molar-refractivity contribution in [2.45, 2.75) is 12.9 Å². The molecule has 0 atom stereocenters. The van der Waals surface area contributed by atoms with E-state index < -0.39 is 6.36 Å². The van der Waals surface area contributed by atoms with Gasteiger partial charge in [-0.25, -0.2) is 4.98 Å². The molecule has 0 radical (unpaired) electrons. The molecule has 112 valence electrons. The predicted octanol–water partition coefficient (Wildman–Crippen LogP) is 3.88. The number of nitrogens with zero attached hydrogens (tertiary/aromatic N) is 1. The Labute approximate surface area is 123 Å². The van der Waals surface area contributed by atoms with E-state index in [2.05, 4.69) is 9.72 Å². The number of ether oxygens (including phenoxy) is 2. The van der Waals surface area contributed by atoms with E-state index in [1.54, 1.807) is 6.07 Å². The van der Waals surface area contributed by atoms with Crippen molar-refractivity contribution in [2.24, 2.45) is 5.73 Å². The standard InChI is InChI=1S/C13H10ClF3N2O2/c14-10-5-6-12(19-11(10)7-18)20-8-1-3-9(4-2-8)21-13(15,16)17/h1-6H,7,18H2. The monoisotopic (exact) mass is 318 g/mol. The molecule has 0 saturated heterocycles. The van der Waals surface area contributed by atoms with E-state index in [9.17, 15) is 13.2 Å². The molecule has 8 heteroatoms. The number of rotatable bonds is 4. The van der Waals surface area contributed by atoms with E-state index >= 15 is 0 Å². The van der Waals surface area contributed by atoms with E-state index in [1.807, 2.05) is 0 Å². The molecular formula is C13H10ClF3N2O2. The lowest BCUT2D eigenvalue weighted by Crippen LogP contribution is -2.16. The second kappa shape index (κ2) is 6.19. The maximum atomic E-state index is 12.0. The van der Waals surface area contributed by atoms with Crippen LogP contribution >= 0.6 is 11.6 Å². The van der Waals surface area contributed by atoms with Crippen LogP contribution in [0.15, 0.2) is 36.4 Å². The Morgan fingerprint density at radius 2 is 1.67 bits per heavy atom. The van der Waals surface area contributed by atoms with Gasteiger partial charge in [-0.1, -0.05) is 11.6 Å². The third-order valence-electron chi connectivity index (χ3n) is 2.37. The van der Waals surface area contributed by atoms with Crippen LogP contribution in [0.25, 0.3) is 0 Å². The van der Waals surface area contributed by atoms with Crippen LogP contribution in [-0.4, -0.2) is 11.3 Å². The molecule has 0 aliphatic carbocycles. The summed E-state index contributed by atoms with van der Waals surface area (Å²) in [6.07, 6.45) is -4.73. The van der Waals surface area contributed by atoms with Crippen LogP contribution in [0.1, 0.15) is 5.69 Å². The highest BCUT2D eigenvalue weighted by Crippen LogP contribution is 2.27. The summed E-state index contributed by atoms with van der Waals surface area (Å²) in [6.45, 7) is 0.147. The minimum atomic E-state index is -4.73. The molecule has 2 aromatic rings. The molecule has 0 bridgehead atoms. The highest BCUT2D eigenvalue weighted by atomic mass is 35.5. The van der Waals surface area contributed by atoms with Crippen molar-refractivity contribution in [3.63, 3.8) is 0 Å². The summed E-state index contributed by atoms with van der Waals surface area (Å²) in [5.74, 6) is 0.216. The lowest BCUT2D eigenvalue weighted by molar-refractivity contribution is -0.274. The van der Waals surface area contributed by atoms with Crippen molar-refractivity contribution in [3.8, 4) is 17.4 Å². The average molecular weight is 319 g/mol. The minimum absolute atomic E-state index is 0.147. The largest absolute Gasteiger partial charge is 0.573 e. The first-order valence-electron chi connectivity index (χ1n) is 5.76. The molecule has 0 amide bonds. The van der Waals surface area contributed by atoms with Gasteiger partial charge in [0.25, 0.3) is 0 Å². The molecule has 0 unspecified atom stereocenters. The maximum absolute atomic E-state index is 12.0. The molecule has 2 rings (SSSR count). The van der Waals surface area contributed by atoms with Crippen LogP contribution < -0.4 is 15.2 Å². The van der Waals surface area contributed by atoms with Crippen molar-refractivity contribution in [3.05, 3.63) is 47.1 Å². The first-order valence-corrected chi connectivity index (χ1v) is 6.14. The molecule has 0 spiro atoms. The number of pyridine rings is 1. The van der Waals surface area contributed by atoms with E-state index in [0.717, 1.165) is 12.1 Å². The Morgan fingerprint density at radius 1 is 1.05 bits per heavy atom. The van der Waals surface area contributed by atoms with Crippen LogP contribution in [0, 0.1) is 0 Å². The molecule has 4 nitrogen and oxygen atoms in total. The molecule has 0 saturated carbocycles. The number of aromatic nitrogens is 1. The SMILES string of the molecule is NCc1nc(Oc2ccc(OC(F)(F)F)cc2)ccc1Cl. The predicted molar refractivity (Wildman–Crippen MR) is 70.3 cm³/mol. The van der Waals surface area contributed by atoms with Gasteiger partial charge in [-0.3, -0.25) is 0 Å². The van der Waals surface area contributed by atoms with Crippen LogP contribution in [0.2, 0.25) is 5.02 Å². The highest BCUT2D eigenvalue weighted by Gasteiger charge is 2.30. The molecule has 1 aromatic heterocycles. The topological polar surface area (TPSA) is 57.4 Å². The Bertz CT molecular complexity index is 618. The molecule has 0 aliphatic heterocycles. The van der Waals surface area contributed by atoms with Crippen molar-refractivity contribution >= 4 is 11.6 Å². The van der Waals surface area contributed by atoms with Crippen molar-refractivity contribution in [1.82, 2.24) is 4.98 Å². The van der Waals surface area contributed by atoms with Crippen LogP contribution in [0.3, 0.4) is 0 Å². The zero-order valence-corrected chi connectivity index (χ0v) is 11.3. The van der Waals surface area contributed by atoms with Gasteiger partial charge in [-0.15, -0.1) is 13.2 Å². The van der Waals surface area contributed by atoms with E-state index in [0.29, 0.717) is 16.5 Å². The molecule has 21 heavy (non-hydrogen) atoms. The second-order valence-electron chi connectivity index (χ2n) is 3.90. The summed E-state index contributed by atoms with van der Waals surface area (Å²) in [5, 5.41) is 0.416. The van der Waals surface area contributed by atoms with E-state index in [4.69, 9.17) is 22.1 Å². The second-order valence-corrected chi connectivity index (χ2v) is 4.31. The third kappa shape index (κ3) is 4.51. The van der Waals surface area contributed by atoms with Crippen LogP contribution in [-0.2, 0) is 6.54 Å². The van der Waals surface area contributed by atoms with Crippen molar-refractivity contribution < 1.29 is 22.6 Å². The summed E-state index contributed by atoms with van der Waals surface area (Å²) in [7, 11) is 0.